The first-order valence-corrected chi connectivity index (χ1v) is 10.8. The number of hydrogen-bond donors (Lipinski definition) is 1. The Bertz CT molecular complexity index is 1070. The molecule has 1 aliphatic rings. The summed E-state index contributed by atoms with van der Waals surface area (Å²) in [5.74, 6) is 0.246. The fourth-order valence-corrected chi connectivity index (χ4v) is 4.12. The van der Waals surface area contributed by atoms with Crippen molar-refractivity contribution in [2.24, 2.45) is 0 Å². The van der Waals surface area contributed by atoms with Crippen LogP contribution in [0.3, 0.4) is 0 Å². The highest BCUT2D eigenvalue weighted by Crippen LogP contribution is 2.35. The molecule has 0 bridgehead atoms. The van der Waals surface area contributed by atoms with Crippen LogP contribution in [0, 0.1) is 0 Å². The van der Waals surface area contributed by atoms with Crippen LogP contribution in [0.25, 0.3) is 11.3 Å². The summed E-state index contributed by atoms with van der Waals surface area (Å²) in [6.45, 7) is 1.45. The number of carbonyl (C=O) groups excluding carboxylic acids is 1. The Kier molecular flexibility index (Phi) is 6.62. The largest absolute Gasteiger partial charge is 0.463 e. The van der Waals surface area contributed by atoms with E-state index in [1.54, 1.807) is 6.20 Å². The lowest BCUT2D eigenvalue weighted by atomic mass is 9.82. The van der Waals surface area contributed by atoms with Gasteiger partial charge in [-0.15, -0.1) is 0 Å². The number of esters is 1. The lowest BCUT2D eigenvalue weighted by Gasteiger charge is -2.28. The number of halogens is 3. The van der Waals surface area contributed by atoms with Crippen molar-refractivity contribution in [2.45, 2.75) is 50.8 Å². The van der Waals surface area contributed by atoms with Gasteiger partial charge in [0.2, 0.25) is 0 Å². The molecule has 8 heteroatoms. The molecule has 1 N–H and O–H groups in total. The molecule has 1 fully saturated rings. The van der Waals surface area contributed by atoms with Gasteiger partial charge in [-0.1, -0.05) is 24.3 Å². The lowest BCUT2D eigenvalue weighted by molar-refractivity contribution is -0.147. The fourth-order valence-electron chi connectivity index (χ4n) is 4.12. The van der Waals surface area contributed by atoms with Gasteiger partial charge in [-0.2, -0.15) is 13.2 Å². The van der Waals surface area contributed by atoms with Gasteiger partial charge >= 0.3 is 12.1 Å². The summed E-state index contributed by atoms with van der Waals surface area (Å²) in [7, 11) is 0. The summed E-state index contributed by atoms with van der Waals surface area (Å²) in [4.78, 5) is 19.0. The Morgan fingerprint density at radius 1 is 0.909 bits per heavy atom. The molecule has 33 heavy (non-hydrogen) atoms. The number of nitrogens with one attached hydrogen (secondary N) is 1. The Balaban J connectivity index is 1.36. The van der Waals surface area contributed by atoms with E-state index in [4.69, 9.17) is 4.74 Å². The number of hydrogen-bond acceptors (Lipinski definition) is 5. The Morgan fingerprint density at radius 2 is 1.55 bits per heavy atom. The van der Waals surface area contributed by atoms with Gasteiger partial charge in [0.15, 0.2) is 0 Å². The Morgan fingerprint density at radius 3 is 2.06 bits per heavy atom. The Labute approximate surface area is 190 Å². The third-order valence-electron chi connectivity index (χ3n) is 5.79. The molecule has 0 radical (unpaired) electrons. The number of aromatic nitrogens is 2. The third-order valence-corrected chi connectivity index (χ3v) is 5.79. The van der Waals surface area contributed by atoms with E-state index >= 15 is 0 Å². The zero-order valence-corrected chi connectivity index (χ0v) is 18.1. The number of carbonyl (C=O) groups is 1. The van der Waals surface area contributed by atoms with E-state index in [2.05, 4.69) is 27.4 Å². The first-order valence-electron chi connectivity index (χ1n) is 10.8. The van der Waals surface area contributed by atoms with Crippen LogP contribution >= 0.6 is 0 Å². The third kappa shape index (κ3) is 5.88. The van der Waals surface area contributed by atoms with Crippen LogP contribution in [0.15, 0.2) is 60.9 Å². The second-order valence-corrected chi connectivity index (χ2v) is 8.19. The quantitative estimate of drug-likeness (QED) is 0.445. The highest BCUT2D eigenvalue weighted by atomic mass is 19.4. The van der Waals surface area contributed by atoms with Crippen molar-refractivity contribution >= 4 is 17.3 Å². The molecule has 2 heterocycles. The van der Waals surface area contributed by atoms with Gasteiger partial charge in [0.1, 0.15) is 11.8 Å². The van der Waals surface area contributed by atoms with Crippen molar-refractivity contribution in [3.8, 4) is 11.3 Å². The number of nitrogens with zero attached hydrogens (tertiary/aromatic N) is 2. The maximum absolute atomic E-state index is 12.6. The molecule has 1 aliphatic carbocycles. The summed E-state index contributed by atoms with van der Waals surface area (Å²) < 4.78 is 43.2. The molecular formula is C25H24F3N3O2. The number of rotatable bonds is 5. The van der Waals surface area contributed by atoms with Gasteiger partial charge < -0.3 is 10.1 Å². The monoisotopic (exact) mass is 455 g/mol. The smallest absolute Gasteiger partial charge is 0.433 e. The average Bonchev–Trinajstić information content (AvgIpc) is 2.80. The fraction of sp³-hybridized carbons (Fsp3) is 0.320. The number of anilines is 2. The van der Waals surface area contributed by atoms with Gasteiger partial charge in [0.05, 0.1) is 29.5 Å². The SMILES string of the molecule is CC(=O)OC1CCC(c2ccc(-c3ccc(Nc4ccc(C(F)(F)F)nc4)cn3)cc2)CC1. The molecule has 172 valence electrons. The zero-order valence-electron chi connectivity index (χ0n) is 18.1. The van der Waals surface area contributed by atoms with E-state index in [1.165, 1.54) is 18.6 Å². The molecule has 0 saturated heterocycles. The van der Waals surface area contributed by atoms with E-state index in [1.807, 2.05) is 24.3 Å². The van der Waals surface area contributed by atoms with Gasteiger partial charge in [0, 0.05) is 12.5 Å². The van der Waals surface area contributed by atoms with Crippen LogP contribution in [-0.2, 0) is 15.7 Å². The van der Waals surface area contributed by atoms with Crippen LogP contribution in [0.5, 0.6) is 0 Å². The molecule has 4 rings (SSSR count). The van der Waals surface area contributed by atoms with Crippen molar-refractivity contribution in [2.75, 3.05) is 5.32 Å². The minimum absolute atomic E-state index is 0.0349. The van der Waals surface area contributed by atoms with E-state index in [9.17, 15) is 18.0 Å². The van der Waals surface area contributed by atoms with Gasteiger partial charge in [-0.05, 0) is 61.4 Å². The van der Waals surface area contributed by atoms with Gasteiger partial charge in [0.25, 0.3) is 0 Å². The predicted molar refractivity (Wildman–Crippen MR) is 119 cm³/mol. The molecule has 2 aromatic heterocycles. The molecule has 0 atom stereocenters. The predicted octanol–water partition coefficient (Wildman–Crippen LogP) is 6.50. The second kappa shape index (κ2) is 9.60. The van der Waals surface area contributed by atoms with Crippen LogP contribution in [0.1, 0.15) is 49.8 Å². The van der Waals surface area contributed by atoms with Crippen molar-refractivity contribution in [3.05, 3.63) is 72.2 Å². The number of alkyl halides is 3. The topological polar surface area (TPSA) is 64.1 Å². The van der Waals surface area contributed by atoms with E-state index in [0.717, 1.165) is 49.2 Å². The van der Waals surface area contributed by atoms with Gasteiger partial charge in [-0.3, -0.25) is 9.78 Å². The molecular weight excluding hydrogens is 431 g/mol. The number of pyridine rings is 2. The zero-order chi connectivity index (χ0) is 23.4. The second-order valence-electron chi connectivity index (χ2n) is 8.19. The highest BCUT2D eigenvalue weighted by molar-refractivity contribution is 5.66. The normalized spacial score (nSPS) is 18.5. The summed E-state index contributed by atoms with van der Waals surface area (Å²) in [5, 5.41) is 3.00. The lowest BCUT2D eigenvalue weighted by Crippen LogP contribution is -2.22. The molecule has 1 aromatic carbocycles. The van der Waals surface area contributed by atoms with Crippen LogP contribution in [0.2, 0.25) is 0 Å². The molecule has 5 nitrogen and oxygen atoms in total. The van der Waals surface area contributed by atoms with Crippen LogP contribution in [0.4, 0.5) is 24.5 Å². The van der Waals surface area contributed by atoms with Crippen molar-refractivity contribution < 1.29 is 22.7 Å². The average molecular weight is 455 g/mol. The van der Waals surface area contributed by atoms with E-state index in [-0.39, 0.29) is 12.1 Å². The van der Waals surface area contributed by atoms with E-state index < -0.39 is 11.9 Å². The molecule has 0 aliphatic heterocycles. The van der Waals surface area contributed by atoms with Crippen LogP contribution < -0.4 is 5.32 Å². The standard InChI is InChI=1S/C25H24F3N3O2/c1-16(32)33-22-10-6-18(7-11-22)17-2-4-19(5-3-17)23-12-8-20(14-29-23)31-21-9-13-24(30-15-21)25(26,27)28/h2-5,8-9,12-15,18,22,31H,6-7,10-11H2,1H3. The van der Waals surface area contributed by atoms with Crippen molar-refractivity contribution in [1.29, 1.82) is 0 Å². The van der Waals surface area contributed by atoms with Crippen LogP contribution in [-0.4, -0.2) is 22.0 Å². The van der Waals surface area contributed by atoms with Crippen molar-refractivity contribution in [1.82, 2.24) is 9.97 Å². The summed E-state index contributed by atoms with van der Waals surface area (Å²) in [6.07, 6.45) is 2.12. The molecule has 0 unspecified atom stereocenters. The van der Waals surface area contributed by atoms with E-state index in [0.29, 0.717) is 17.3 Å². The minimum Gasteiger partial charge on any atom is -0.463 e. The summed E-state index contributed by atoms with van der Waals surface area (Å²) in [6, 6.07) is 14.3. The first-order chi connectivity index (χ1) is 15.8. The molecule has 3 aromatic rings. The maximum Gasteiger partial charge on any atom is 0.433 e. The molecule has 0 amide bonds. The molecule has 0 spiro atoms. The summed E-state index contributed by atoms with van der Waals surface area (Å²) in [5.41, 5.74) is 3.23. The number of ether oxygens (including phenoxy) is 1. The highest BCUT2D eigenvalue weighted by Gasteiger charge is 2.32. The maximum atomic E-state index is 12.6. The van der Waals surface area contributed by atoms with Gasteiger partial charge in [-0.25, -0.2) is 4.98 Å². The summed E-state index contributed by atoms with van der Waals surface area (Å²) >= 11 is 0. The van der Waals surface area contributed by atoms with Crippen molar-refractivity contribution in [3.63, 3.8) is 0 Å². The number of benzene rings is 1. The minimum atomic E-state index is -4.46. The first kappa shape index (κ1) is 22.8. The molecule has 1 saturated carbocycles. The Hall–Kier alpha value is -3.42.